The lowest BCUT2D eigenvalue weighted by atomic mass is 10.2. The van der Waals surface area contributed by atoms with Crippen molar-refractivity contribution in [3.05, 3.63) is 65.4 Å². The van der Waals surface area contributed by atoms with Gasteiger partial charge in [-0.2, -0.15) is 0 Å². The van der Waals surface area contributed by atoms with Gasteiger partial charge in [0.05, 0.1) is 17.7 Å². The fourth-order valence-electron chi connectivity index (χ4n) is 2.26. The standard InChI is InChI=1S/C18H15ClN4O3/c1-26-15-6-5-13(8-14(15)19)23-17-9-16(20-10-21-17)22-12-4-2-3-11(7-12)18(24)25/h2-10H,1H3,(H,24,25)(H2,20,21,22,23). The van der Waals surface area contributed by atoms with E-state index in [0.717, 1.165) is 5.69 Å². The Bertz CT molecular complexity index is 949. The SMILES string of the molecule is COc1ccc(Nc2cc(Nc3cccc(C(=O)O)c3)ncn2)cc1Cl. The first-order valence-corrected chi connectivity index (χ1v) is 7.96. The molecular formula is C18H15ClN4O3. The maximum Gasteiger partial charge on any atom is 0.335 e. The van der Waals surface area contributed by atoms with E-state index in [-0.39, 0.29) is 5.56 Å². The van der Waals surface area contributed by atoms with Crippen LogP contribution in [0.5, 0.6) is 5.75 Å². The van der Waals surface area contributed by atoms with E-state index < -0.39 is 5.97 Å². The van der Waals surface area contributed by atoms with Gasteiger partial charge < -0.3 is 20.5 Å². The predicted molar refractivity (Wildman–Crippen MR) is 100 cm³/mol. The van der Waals surface area contributed by atoms with Crippen LogP contribution in [-0.2, 0) is 0 Å². The molecule has 132 valence electrons. The Balaban J connectivity index is 1.77. The van der Waals surface area contributed by atoms with Crippen LogP contribution in [0.15, 0.2) is 54.9 Å². The summed E-state index contributed by atoms with van der Waals surface area (Å²) in [6.45, 7) is 0. The second-order valence-corrected chi connectivity index (χ2v) is 5.68. The summed E-state index contributed by atoms with van der Waals surface area (Å²) in [5.74, 6) is 0.665. The van der Waals surface area contributed by atoms with Crippen molar-refractivity contribution in [3.8, 4) is 5.75 Å². The Labute approximate surface area is 154 Å². The molecule has 0 radical (unpaired) electrons. The summed E-state index contributed by atoms with van der Waals surface area (Å²) in [5.41, 5.74) is 1.55. The van der Waals surface area contributed by atoms with Crippen LogP contribution >= 0.6 is 11.6 Å². The Morgan fingerprint density at radius 2 is 1.73 bits per heavy atom. The van der Waals surface area contributed by atoms with Crippen molar-refractivity contribution < 1.29 is 14.6 Å². The minimum atomic E-state index is -0.991. The van der Waals surface area contributed by atoms with E-state index in [0.29, 0.717) is 28.1 Å². The number of rotatable bonds is 6. The molecule has 0 saturated heterocycles. The lowest BCUT2D eigenvalue weighted by Crippen LogP contribution is -2.00. The molecule has 3 aromatic rings. The summed E-state index contributed by atoms with van der Waals surface area (Å²) < 4.78 is 5.12. The van der Waals surface area contributed by atoms with Gasteiger partial charge in [0.15, 0.2) is 0 Å². The smallest absolute Gasteiger partial charge is 0.335 e. The van der Waals surface area contributed by atoms with Crippen molar-refractivity contribution in [1.29, 1.82) is 0 Å². The number of benzene rings is 2. The Morgan fingerprint density at radius 1 is 1.04 bits per heavy atom. The van der Waals surface area contributed by atoms with Gasteiger partial charge in [0, 0.05) is 17.4 Å². The second kappa shape index (κ2) is 7.71. The highest BCUT2D eigenvalue weighted by Gasteiger charge is 2.06. The van der Waals surface area contributed by atoms with Crippen LogP contribution in [0.3, 0.4) is 0 Å². The van der Waals surface area contributed by atoms with E-state index in [4.69, 9.17) is 21.4 Å². The molecule has 8 heteroatoms. The summed E-state index contributed by atoms with van der Waals surface area (Å²) in [4.78, 5) is 19.4. The van der Waals surface area contributed by atoms with Gasteiger partial charge in [0.25, 0.3) is 0 Å². The third kappa shape index (κ3) is 4.20. The average Bonchev–Trinajstić information content (AvgIpc) is 2.62. The van der Waals surface area contributed by atoms with Gasteiger partial charge in [-0.3, -0.25) is 0 Å². The summed E-state index contributed by atoms with van der Waals surface area (Å²) in [5, 5.41) is 15.7. The summed E-state index contributed by atoms with van der Waals surface area (Å²) >= 11 is 6.12. The van der Waals surface area contributed by atoms with E-state index in [1.807, 2.05) is 6.07 Å². The van der Waals surface area contributed by atoms with Crippen LogP contribution in [-0.4, -0.2) is 28.2 Å². The fraction of sp³-hybridized carbons (Fsp3) is 0.0556. The van der Waals surface area contributed by atoms with Crippen LogP contribution in [0.4, 0.5) is 23.0 Å². The monoisotopic (exact) mass is 370 g/mol. The van der Waals surface area contributed by atoms with E-state index in [2.05, 4.69) is 20.6 Å². The highest BCUT2D eigenvalue weighted by molar-refractivity contribution is 6.32. The molecule has 0 saturated carbocycles. The number of methoxy groups -OCH3 is 1. The molecule has 0 aliphatic rings. The molecule has 1 aromatic heterocycles. The molecule has 7 nitrogen and oxygen atoms in total. The van der Waals surface area contributed by atoms with Gasteiger partial charge in [-0.05, 0) is 36.4 Å². The number of carboxylic acids is 1. The van der Waals surface area contributed by atoms with Crippen molar-refractivity contribution in [2.45, 2.75) is 0 Å². The number of aromatic carboxylic acids is 1. The number of nitrogens with one attached hydrogen (secondary N) is 2. The molecule has 0 aliphatic carbocycles. The Hall–Kier alpha value is -3.32. The minimum Gasteiger partial charge on any atom is -0.495 e. The fourth-order valence-corrected chi connectivity index (χ4v) is 2.52. The molecule has 0 aliphatic heterocycles. The Morgan fingerprint density at radius 3 is 2.35 bits per heavy atom. The molecule has 0 atom stereocenters. The zero-order valence-corrected chi connectivity index (χ0v) is 14.5. The van der Waals surface area contributed by atoms with Crippen LogP contribution in [0.2, 0.25) is 5.02 Å². The molecule has 26 heavy (non-hydrogen) atoms. The van der Waals surface area contributed by atoms with Crippen molar-refractivity contribution in [1.82, 2.24) is 9.97 Å². The number of aromatic nitrogens is 2. The van der Waals surface area contributed by atoms with Gasteiger partial charge in [-0.15, -0.1) is 0 Å². The molecule has 3 rings (SSSR count). The quantitative estimate of drug-likeness (QED) is 0.594. The first-order chi connectivity index (χ1) is 12.5. The molecule has 2 aromatic carbocycles. The number of hydrogen-bond acceptors (Lipinski definition) is 6. The summed E-state index contributed by atoms with van der Waals surface area (Å²) in [6.07, 6.45) is 1.40. The van der Waals surface area contributed by atoms with E-state index >= 15 is 0 Å². The predicted octanol–water partition coefficient (Wildman–Crippen LogP) is 4.32. The zero-order chi connectivity index (χ0) is 18.5. The van der Waals surface area contributed by atoms with E-state index in [1.54, 1.807) is 37.4 Å². The largest absolute Gasteiger partial charge is 0.495 e. The maximum atomic E-state index is 11.1. The second-order valence-electron chi connectivity index (χ2n) is 5.27. The first kappa shape index (κ1) is 17.5. The highest BCUT2D eigenvalue weighted by atomic mass is 35.5. The van der Waals surface area contributed by atoms with Crippen LogP contribution in [0.1, 0.15) is 10.4 Å². The number of halogens is 1. The van der Waals surface area contributed by atoms with Crippen molar-refractivity contribution in [2.75, 3.05) is 17.7 Å². The summed E-state index contributed by atoms with van der Waals surface area (Å²) in [6, 6.07) is 13.5. The molecule has 0 unspecified atom stereocenters. The molecule has 1 heterocycles. The van der Waals surface area contributed by atoms with Gasteiger partial charge in [0.2, 0.25) is 0 Å². The van der Waals surface area contributed by atoms with Crippen molar-refractivity contribution in [2.24, 2.45) is 0 Å². The van der Waals surface area contributed by atoms with E-state index in [9.17, 15) is 4.79 Å². The number of ether oxygens (including phenoxy) is 1. The van der Waals surface area contributed by atoms with Crippen molar-refractivity contribution in [3.63, 3.8) is 0 Å². The molecular weight excluding hydrogens is 356 g/mol. The van der Waals surface area contributed by atoms with Crippen LogP contribution in [0.25, 0.3) is 0 Å². The summed E-state index contributed by atoms with van der Waals surface area (Å²) in [7, 11) is 1.55. The average molecular weight is 371 g/mol. The van der Waals surface area contributed by atoms with Gasteiger partial charge in [0.1, 0.15) is 23.7 Å². The van der Waals surface area contributed by atoms with Gasteiger partial charge in [-0.25, -0.2) is 14.8 Å². The first-order valence-electron chi connectivity index (χ1n) is 7.58. The lowest BCUT2D eigenvalue weighted by molar-refractivity contribution is 0.0697. The third-order valence-corrected chi connectivity index (χ3v) is 3.77. The Kier molecular flexibility index (Phi) is 5.19. The molecule has 0 spiro atoms. The number of carbonyl (C=O) groups is 1. The topological polar surface area (TPSA) is 96.4 Å². The molecule has 3 N–H and O–H groups in total. The number of anilines is 4. The highest BCUT2D eigenvalue weighted by Crippen LogP contribution is 2.28. The van der Waals surface area contributed by atoms with E-state index in [1.165, 1.54) is 18.5 Å². The number of nitrogens with zero attached hydrogens (tertiary/aromatic N) is 2. The molecule has 0 amide bonds. The van der Waals surface area contributed by atoms with Gasteiger partial charge in [-0.1, -0.05) is 17.7 Å². The van der Waals surface area contributed by atoms with Crippen LogP contribution in [0, 0.1) is 0 Å². The normalized spacial score (nSPS) is 10.2. The number of hydrogen-bond donors (Lipinski definition) is 3. The third-order valence-electron chi connectivity index (χ3n) is 3.47. The molecule has 0 fully saturated rings. The zero-order valence-electron chi connectivity index (χ0n) is 13.7. The van der Waals surface area contributed by atoms with Gasteiger partial charge >= 0.3 is 5.97 Å². The van der Waals surface area contributed by atoms with Crippen LogP contribution < -0.4 is 15.4 Å². The van der Waals surface area contributed by atoms with Crippen molar-refractivity contribution >= 4 is 40.6 Å². The molecule has 0 bridgehead atoms. The minimum absolute atomic E-state index is 0.190. The lowest BCUT2D eigenvalue weighted by Gasteiger charge is -2.10. The number of carboxylic acid groups (broad SMARTS) is 1. The maximum absolute atomic E-state index is 11.1.